The number of amides is 1. The van der Waals surface area contributed by atoms with Gasteiger partial charge in [0.1, 0.15) is 28.1 Å². The van der Waals surface area contributed by atoms with Crippen LogP contribution in [0.15, 0.2) is 60.9 Å². The molecule has 150 valence electrons. The van der Waals surface area contributed by atoms with Gasteiger partial charge in [0.15, 0.2) is 5.82 Å². The molecule has 0 atom stereocenters. The Labute approximate surface area is 176 Å². The Balaban J connectivity index is 1.36. The molecule has 0 radical (unpaired) electrons. The molecule has 5 rings (SSSR count). The summed E-state index contributed by atoms with van der Waals surface area (Å²) in [4.78, 5) is 25.6. The summed E-state index contributed by atoms with van der Waals surface area (Å²) in [6.07, 6.45) is 1.58. The maximum absolute atomic E-state index is 13.1. The van der Waals surface area contributed by atoms with Crippen LogP contribution in [0.1, 0.15) is 10.4 Å². The first-order valence-corrected chi connectivity index (χ1v) is 10.4. The normalized spacial score (nSPS) is 14.3. The van der Waals surface area contributed by atoms with Crippen molar-refractivity contribution in [2.75, 3.05) is 31.1 Å². The molecule has 0 saturated carbocycles. The van der Waals surface area contributed by atoms with Gasteiger partial charge in [0.2, 0.25) is 0 Å². The monoisotopic (exact) mass is 419 g/mol. The van der Waals surface area contributed by atoms with E-state index in [9.17, 15) is 9.18 Å². The lowest BCUT2D eigenvalue weighted by Gasteiger charge is -2.35. The van der Waals surface area contributed by atoms with Crippen molar-refractivity contribution in [3.8, 4) is 11.3 Å². The first-order valence-electron chi connectivity index (χ1n) is 9.66. The van der Waals surface area contributed by atoms with E-state index in [-0.39, 0.29) is 11.7 Å². The van der Waals surface area contributed by atoms with Gasteiger partial charge in [0.05, 0.1) is 0 Å². The fraction of sp³-hybridized carbons (Fsp3) is 0.182. The Hall–Kier alpha value is -3.39. The van der Waals surface area contributed by atoms with Crippen molar-refractivity contribution in [1.29, 1.82) is 0 Å². The molecule has 2 aromatic heterocycles. The lowest BCUT2D eigenvalue weighted by atomic mass is 10.1. The van der Waals surface area contributed by atoms with Gasteiger partial charge in [-0.25, -0.2) is 14.4 Å². The van der Waals surface area contributed by atoms with Gasteiger partial charge in [-0.3, -0.25) is 4.79 Å². The summed E-state index contributed by atoms with van der Waals surface area (Å²) in [6.45, 7) is 2.48. The van der Waals surface area contributed by atoms with Gasteiger partial charge in [-0.2, -0.15) is 4.37 Å². The van der Waals surface area contributed by atoms with E-state index < -0.39 is 0 Å². The molecule has 1 fully saturated rings. The number of hydrogen-bond donors (Lipinski definition) is 0. The summed E-state index contributed by atoms with van der Waals surface area (Å²) in [6, 6.07) is 15.7. The van der Waals surface area contributed by atoms with E-state index in [2.05, 4.69) is 19.2 Å². The molecule has 1 amide bonds. The van der Waals surface area contributed by atoms with Crippen LogP contribution in [0.25, 0.3) is 21.5 Å². The zero-order valence-electron chi connectivity index (χ0n) is 16.0. The minimum Gasteiger partial charge on any atom is -0.352 e. The summed E-state index contributed by atoms with van der Waals surface area (Å²) in [7, 11) is 0. The van der Waals surface area contributed by atoms with Crippen LogP contribution < -0.4 is 4.90 Å². The third-order valence-electron chi connectivity index (χ3n) is 5.24. The highest BCUT2D eigenvalue weighted by molar-refractivity contribution is 7.14. The number of nitrogens with zero attached hydrogens (tertiary/aromatic N) is 5. The Morgan fingerprint density at radius 2 is 1.67 bits per heavy atom. The van der Waals surface area contributed by atoms with Crippen molar-refractivity contribution < 1.29 is 9.18 Å². The first-order chi connectivity index (χ1) is 14.7. The molecule has 3 heterocycles. The topological polar surface area (TPSA) is 62.2 Å². The van der Waals surface area contributed by atoms with E-state index in [0.29, 0.717) is 31.7 Å². The lowest BCUT2D eigenvalue weighted by molar-refractivity contribution is 0.0746. The molecule has 0 aliphatic carbocycles. The Bertz CT molecular complexity index is 1190. The summed E-state index contributed by atoms with van der Waals surface area (Å²) in [5.41, 5.74) is 3.25. The van der Waals surface area contributed by atoms with Crippen LogP contribution in [0.2, 0.25) is 0 Å². The largest absolute Gasteiger partial charge is 0.352 e. The van der Waals surface area contributed by atoms with Crippen molar-refractivity contribution in [3.05, 3.63) is 72.3 Å². The number of benzene rings is 2. The van der Waals surface area contributed by atoms with E-state index in [4.69, 9.17) is 0 Å². The lowest BCUT2D eigenvalue weighted by Crippen LogP contribution is -2.49. The quantitative estimate of drug-likeness (QED) is 0.505. The van der Waals surface area contributed by atoms with Crippen LogP contribution >= 0.6 is 11.5 Å². The van der Waals surface area contributed by atoms with E-state index in [1.165, 1.54) is 35.8 Å². The minimum atomic E-state index is -0.344. The Morgan fingerprint density at radius 3 is 2.40 bits per heavy atom. The molecule has 1 aliphatic heterocycles. The summed E-state index contributed by atoms with van der Waals surface area (Å²) >= 11 is 1.40. The molecule has 0 N–H and O–H groups in total. The summed E-state index contributed by atoms with van der Waals surface area (Å²) in [5.74, 6) is 0.434. The van der Waals surface area contributed by atoms with Crippen LogP contribution in [0.4, 0.5) is 10.2 Å². The van der Waals surface area contributed by atoms with Gasteiger partial charge in [-0.05, 0) is 35.8 Å². The molecule has 2 aromatic carbocycles. The Kier molecular flexibility index (Phi) is 4.84. The maximum atomic E-state index is 13.1. The van der Waals surface area contributed by atoms with Crippen molar-refractivity contribution >= 4 is 33.5 Å². The number of carbonyl (C=O) groups is 1. The van der Waals surface area contributed by atoms with Crippen LogP contribution in [-0.4, -0.2) is 51.3 Å². The number of fused-ring (bicyclic) bond motifs is 1. The molecule has 1 aliphatic rings. The van der Waals surface area contributed by atoms with Crippen LogP contribution in [0, 0.1) is 5.82 Å². The number of aromatic nitrogens is 3. The molecule has 0 spiro atoms. The molecular formula is C22H18FN5OS. The third-order valence-corrected chi connectivity index (χ3v) is 6.07. The number of piperazine rings is 1. The fourth-order valence-electron chi connectivity index (χ4n) is 3.66. The average Bonchev–Trinajstić information content (AvgIpc) is 3.24. The highest BCUT2D eigenvalue weighted by Crippen LogP contribution is 2.34. The summed E-state index contributed by atoms with van der Waals surface area (Å²) < 4.78 is 18.7. The van der Waals surface area contributed by atoms with Crippen LogP contribution in [-0.2, 0) is 0 Å². The molecule has 8 heteroatoms. The zero-order chi connectivity index (χ0) is 20.5. The maximum Gasteiger partial charge on any atom is 0.253 e. The SMILES string of the molecule is O=C(c1ccc(F)cc1)N1CCN(c2ncnc3c(-c4ccccc4)nsc23)CC1. The number of anilines is 1. The molecule has 4 aromatic rings. The molecule has 0 bridgehead atoms. The van der Waals surface area contributed by atoms with Gasteiger partial charge in [-0.15, -0.1) is 0 Å². The second-order valence-electron chi connectivity index (χ2n) is 7.06. The predicted molar refractivity (Wildman–Crippen MR) is 115 cm³/mol. The van der Waals surface area contributed by atoms with E-state index >= 15 is 0 Å². The van der Waals surface area contributed by atoms with Gasteiger partial charge in [0, 0.05) is 37.3 Å². The van der Waals surface area contributed by atoms with Crippen molar-refractivity contribution in [2.24, 2.45) is 0 Å². The second kappa shape index (κ2) is 7.79. The predicted octanol–water partition coefficient (Wildman–Crippen LogP) is 3.85. The summed E-state index contributed by atoms with van der Waals surface area (Å²) in [5, 5.41) is 0. The van der Waals surface area contributed by atoms with Gasteiger partial charge in [0.25, 0.3) is 5.91 Å². The van der Waals surface area contributed by atoms with Gasteiger partial charge >= 0.3 is 0 Å². The number of rotatable bonds is 3. The molecular weight excluding hydrogens is 401 g/mol. The van der Waals surface area contributed by atoms with E-state index in [1.54, 1.807) is 11.2 Å². The number of halogens is 1. The molecule has 30 heavy (non-hydrogen) atoms. The van der Waals surface area contributed by atoms with Crippen molar-refractivity contribution in [2.45, 2.75) is 0 Å². The highest BCUT2D eigenvalue weighted by atomic mass is 32.1. The second-order valence-corrected chi connectivity index (χ2v) is 7.83. The first kappa shape index (κ1) is 18.6. The third kappa shape index (κ3) is 3.39. The Morgan fingerprint density at radius 1 is 0.933 bits per heavy atom. The standard InChI is InChI=1S/C22H18FN5OS/c23-17-8-6-16(7-9-17)22(29)28-12-10-27(11-13-28)21-20-19(24-14-25-21)18(26-30-20)15-4-2-1-3-5-15/h1-9,14H,10-13H2. The van der Waals surface area contributed by atoms with Gasteiger partial charge in [-0.1, -0.05) is 30.3 Å². The van der Waals surface area contributed by atoms with Crippen LogP contribution in [0.5, 0.6) is 0 Å². The number of carbonyl (C=O) groups excluding carboxylic acids is 1. The molecule has 6 nitrogen and oxygen atoms in total. The number of hydrogen-bond acceptors (Lipinski definition) is 6. The van der Waals surface area contributed by atoms with Crippen molar-refractivity contribution in [3.63, 3.8) is 0 Å². The van der Waals surface area contributed by atoms with Crippen LogP contribution in [0.3, 0.4) is 0 Å². The molecule has 1 saturated heterocycles. The smallest absolute Gasteiger partial charge is 0.253 e. The van der Waals surface area contributed by atoms with Crippen molar-refractivity contribution in [1.82, 2.24) is 19.2 Å². The van der Waals surface area contributed by atoms with E-state index in [0.717, 1.165) is 27.3 Å². The fourth-order valence-corrected chi connectivity index (χ4v) is 4.53. The minimum absolute atomic E-state index is 0.0772. The average molecular weight is 419 g/mol. The van der Waals surface area contributed by atoms with E-state index in [1.807, 2.05) is 30.3 Å². The van der Waals surface area contributed by atoms with Gasteiger partial charge < -0.3 is 9.80 Å². The molecule has 0 unspecified atom stereocenters. The zero-order valence-corrected chi connectivity index (χ0v) is 16.8. The highest BCUT2D eigenvalue weighted by Gasteiger charge is 2.25.